The predicted octanol–water partition coefficient (Wildman–Crippen LogP) is 1.20. The average Bonchev–Trinajstić information content (AvgIpc) is 2.73. The Morgan fingerprint density at radius 1 is 1.56 bits per heavy atom. The molecule has 1 aromatic carbocycles. The van der Waals surface area contributed by atoms with Crippen molar-refractivity contribution in [2.75, 3.05) is 5.32 Å². The molecule has 1 aromatic heterocycles. The van der Waals surface area contributed by atoms with Gasteiger partial charge in [-0.05, 0) is 18.2 Å². The molecule has 1 heterocycles. The summed E-state index contributed by atoms with van der Waals surface area (Å²) in [5, 5.41) is 7.20. The topological polar surface area (TPSA) is 68.8 Å². The van der Waals surface area contributed by atoms with Crippen LogP contribution in [0.15, 0.2) is 24.5 Å². The molecule has 5 nitrogen and oxygen atoms in total. The summed E-state index contributed by atoms with van der Waals surface area (Å²) in [5.74, 6) is 0.259. The van der Waals surface area contributed by atoms with E-state index in [4.69, 9.17) is 18.0 Å². The molecule has 7 heteroatoms. The van der Waals surface area contributed by atoms with Crippen LogP contribution < -0.4 is 11.1 Å². The maximum atomic E-state index is 13.1. The molecule has 0 saturated carbocycles. The van der Waals surface area contributed by atoms with Crippen molar-refractivity contribution in [3.05, 3.63) is 41.7 Å². The van der Waals surface area contributed by atoms with Crippen LogP contribution in [0.25, 0.3) is 0 Å². The summed E-state index contributed by atoms with van der Waals surface area (Å²) >= 11 is 4.88. The first-order chi connectivity index (χ1) is 8.56. The van der Waals surface area contributed by atoms with E-state index in [0.29, 0.717) is 23.6 Å². The van der Waals surface area contributed by atoms with Gasteiger partial charge in [0.05, 0.1) is 6.54 Å². The smallest absolute Gasteiger partial charge is 0.169 e. The van der Waals surface area contributed by atoms with E-state index in [9.17, 15) is 4.39 Å². The fourth-order valence-corrected chi connectivity index (χ4v) is 1.68. The standard InChI is InChI=1S/C11H12FN5S/c1-17-6-15-10(16-17)5-14-9-3-2-7(12)4-8(9)11(13)18/h2-4,6,14H,5H2,1H3,(H2,13,18). The molecule has 0 spiro atoms. The fraction of sp³-hybridized carbons (Fsp3) is 0.182. The van der Waals surface area contributed by atoms with Crippen LogP contribution >= 0.6 is 12.2 Å². The van der Waals surface area contributed by atoms with Gasteiger partial charge in [-0.2, -0.15) is 5.10 Å². The van der Waals surface area contributed by atoms with Crippen LogP contribution in [0.4, 0.5) is 10.1 Å². The lowest BCUT2D eigenvalue weighted by molar-refractivity contribution is 0.627. The summed E-state index contributed by atoms with van der Waals surface area (Å²) in [7, 11) is 1.79. The Bertz CT molecular complexity index is 581. The molecule has 0 unspecified atom stereocenters. The van der Waals surface area contributed by atoms with Crippen molar-refractivity contribution in [3.8, 4) is 0 Å². The van der Waals surface area contributed by atoms with Crippen molar-refractivity contribution < 1.29 is 4.39 Å². The monoisotopic (exact) mass is 265 g/mol. The van der Waals surface area contributed by atoms with Gasteiger partial charge in [0, 0.05) is 18.3 Å². The fourth-order valence-electron chi connectivity index (χ4n) is 1.51. The molecule has 2 aromatic rings. The predicted molar refractivity (Wildman–Crippen MR) is 70.6 cm³/mol. The van der Waals surface area contributed by atoms with Crippen LogP contribution in [0.1, 0.15) is 11.4 Å². The van der Waals surface area contributed by atoms with Crippen LogP contribution in [0.5, 0.6) is 0 Å². The average molecular weight is 265 g/mol. The van der Waals surface area contributed by atoms with Crippen LogP contribution in [-0.2, 0) is 13.6 Å². The molecule has 94 valence electrons. The molecular formula is C11H12FN5S. The van der Waals surface area contributed by atoms with Crippen molar-refractivity contribution in [1.29, 1.82) is 0 Å². The zero-order valence-corrected chi connectivity index (χ0v) is 10.5. The Labute approximate surface area is 109 Å². The number of halogens is 1. The second kappa shape index (κ2) is 5.09. The van der Waals surface area contributed by atoms with Gasteiger partial charge in [0.25, 0.3) is 0 Å². The van der Waals surface area contributed by atoms with E-state index in [0.717, 1.165) is 0 Å². The first kappa shape index (κ1) is 12.4. The highest BCUT2D eigenvalue weighted by molar-refractivity contribution is 7.80. The number of rotatable bonds is 4. The van der Waals surface area contributed by atoms with E-state index in [1.807, 2.05) is 0 Å². The van der Waals surface area contributed by atoms with Gasteiger partial charge < -0.3 is 11.1 Å². The first-order valence-corrected chi connectivity index (χ1v) is 5.65. The van der Waals surface area contributed by atoms with Gasteiger partial charge in [-0.1, -0.05) is 12.2 Å². The summed E-state index contributed by atoms with van der Waals surface area (Å²) in [6.07, 6.45) is 1.61. The van der Waals surface area contributed by atoms with Crippen LogP contribution in [0.2, 0.25) is 0 Å². The molecule has 0 aliphatic heterocycles. The third-order valence-corrected chi connectivity index (χ3v) is 2.55. The van der Waals surface area contributed by atoms with Crippen molar-refractivity contribution in [1.82, 2.24) is 14.8 Å². The Morgan fingerprint density at radius 2 is 2.33 bits per heavy atom. The minimum atomic E-state index is -0.376. The minimum absolute atomic E-state index is 0.144. The summed E-state index contributed by atoms with van der Waals surface area (Å²) in [4.78, 5) is 4.22. The Balaban J connectivity index is 2.16. The highest BCUT2D eigenvalue weighted by Crippen LogP contribution is 2.17. The first-order valence-electron chi connectivity index (χ1n) is 5.24. The molecule has 0 amide bonds. The highest BCUT2D eigenvalue weighted by atomic mass is 32.1. The summed E-state index contributed by atoms with van der Waals surface area (Å²) < 4.78 is 14.7. The number of aryl methyl sites for hydroxylation is 1. The van der Waals surface area contributed by atoms with Gasteiger partial charge in [-0.3, -0.25) is 4.68 Å². The van der Waals surface area contributed by atoms with Crippen LogP contribution in [0.3, 0.4) is 0 Å². The molecule has 0 aliphatic carbocycles. The van der Waals surface area contributed by atoms with Gasteiger partial charge in [-0.15, -0.1) is 0 Å². The maximum Gasteiger partial charge on any atom is 0.169 e. The van der Waals surface area contributed by atoms with E-state index in [1.54, 1.807) is 24.1 Å². The summed E-state index contributed by atoms with van der Waals surface area (Å²) in [6, 6.07) is 4.24. The number of thiocarbonyl (C=S) groups is 1. The van der Waals surface area contributed by atoms with E-state index in [2.05, 4.69) is 15.4 Å². The van der Waals surface area contributed by atoms with E-state index in [1.165, 1.54) is 12.1 Å². The van der Waals surface area contributed by atoms with E-state index in [-0.39, 0.29) is 10.8 Å². The molecule has 0 aliphatic rings. The zero-order chi connectivity index (χ0) is 13.1. The molecule has 0 fully saturated rings. The van der Waals surface area contributed by atoms with E-state index >= 15 is 0 Å². The van der Waals surface area contributed by atoms with Crippen LogP contribution in [-0.4, -0.2) is 19.8 Å². The van der Waals surface area contributed by atoms with Crippen LogP contribution in [0, 0.1) is 5.82 Å². The number of anilines is 1. The van der Waals surface area contributed by atoms with Crippen molar-refractivity contribution in [2.24, 2.45) is 12.8 Å². The minimum Gasteiger partial charge on any atom is -0.389 e. The molecule has 18 heavy (non-hydrogen) atoms. The van der Waals surface area contributed by atoms with Crippen molar-refractivity contribution in [3.63, 3.8) is 0 Å². The van der Waals surface area contributed by atoms with Crippen molar-refractivity contribution in [2.45, 2.75) is 6.54 Å². The van der Waals surface area contributed by atoms with Gasteiger partial charge in [0.2, 0.25) is 0 Å². The second-order valence-electron chi connectivity index (χ2n) is 3.74. The Hall–Kier alpha value is -2.02. The number of nitrogens with two attached hydrogens (primary N) is 1. The third-order valence-electron chi connectivity index (χ3n) is 2.33. The lowest BCUT2D eigenvalue weighted by Gasteiger charge is -2.09. The summed E-state index contributed by atoms with van der Waals surface area (Å²) in [5.41, 5.74) is 6.68. The molecule has 3 N–H and O–H groups in total. The number of aromatic nitrogens is 3. The second-order valence-corrected chi connectivity index (χ2v) is 4.18. The highest BCUT2D eigenvalue weighted by Gasteiger charge is 2.07. The van der Waals surface area contributed by atoms with Crippen molar-refractivity contribution >= 4 is 22.9 Å². The number of nitrogens with zero attached hydrogens (tertiary/aromatic N) is 3. The number of nitrogens with one attached hydrogen (secondary N) is 1. The maximum absolute atomic E-state index is 13.1. The van der Waals surface area contributed by atoms with Gasteiger partial charge in [0.1, 0.15) is 17.1 Å². The number of hydrogen-bond donors (Lipinski definition) is 2. The molecule has 0 atom stereocenters. The molecule has 0 bridgehead atoms. The molecule has 0 saturated heterocycles. The lowest BCUT2D eigenvalue weighted by atomic mass is 10.1. The molecule has 0 radical (unpaired) electrons. The normalized spacial score (nSPS) is 10.3. The quantitative estimate of drug-likeness (QED) is 0.813. The molecule has 2 rings (SSSR count). The number of benzene rings is 1. The zero-order valence-electron chi connectivity index (χ0n) is 9.72. The van der Waals surface area contributed by atoms with E-state index < -0.39 is 0 Å². The lowest BCUT2D eigenvalue weighted by Crippen LogP contribution is -2.14. The third kappa shape index (κ3) is 2.80. The largest absolute Gasteiger partial charge is 0.389 e. The summed E-state index contributed by atoms with van der Waals surface area (Å²) in [6.45, 7) is 0.419. The SMILES string of the molecule is Cn1cnc(CNc2ccc(F)cc2C(N)=S)n1. The van der Waals surface area contributed by atoms with Gasteiger partial charge in [-0.25, -0.2) is 9.37 Å². The molecular weight excluding hydrogens is 253 g/mol. The van der Waals surface area contributed by atoms with Gasteiger partial charge in [0.15, 0.2) is 5.82 Å². The number of hydrogen-bond acceptors (Lipinski definition) is 4. The van der Waals surface area contributed by atoms with Gasteiger partial charge >= 0.3 is 0 Å². The Kier molecular flexibility index (Phi) is 3.52. The Morgan fingerprint density at radius 3 is 2.94 bits per heavy atom.